The van der Waals surface area contributed by atoms with Crippen molar-refractivity contribution in [3.05, 3.63) is 48.0 Å². The topological polar surface area (TPSA) is 66.8 Å². The normalized spacial score (nSPS) is 17.1. The minimum absolute atomic E-state index is 0.366. The first-order chi connectivity index (χ1) is 12.2. The molecular weight excluding hydrogens is 330 g/mol. The molecule has 5 heteroatoms. The SMILES string of the molecule is CC(C)(C)OC(=O)N1CCC(C(=O)O)(c2cccc3ccccc23)CC1. The predicted molar refractivity (Wildman–Crippen MR) is 100 cm³/mol. The van der Waals surface area contributed by atoms with Crippen molar-refractivity contribution < 1.29 is 19.4 Å². The summed E-state index contributed by atoms with van der Waals surface area (Å²) in [5.74, 6) is -0.835. The van der Waals surface area contributed by atoms with Gasteiger partial charge in [0, 0.05) is 13.1 Å². The highest BCUT2D eigenvalue weighted by molar-refractivity contribution is 5.93. The quantitative estimate of drug-likeness (QED) is 0.877. The van der Waals surface area contributed by atoms with Crippen molar-refractivity contribution in [3.63, 3.8) is 0 Å². The lowest BCUT2D eigenvalue weighted by Crippen LogP contribution is -2.50. The number of carboxylic acid groups (broad SMARTS) is 1. The first kappa shape index (κ1) is 18.2. The van der Waals surface area contributed by atoms with Gasteiger partial charge in [0.2, 0.25) is 0 Å². The molecule has 0 bridgehead atoms. The van der Waals surface area contributed by atoms with Gasteiger partial charge in [-0.2, -0.15) is 0 Å². The van der Waals surface area contributed by atoms with Crippen LogP contribution in [0.5, 0.6) is 0 Å². The van der Waals surface area contributed by atoms with Gasteiger partial charge in [0.05, 0.1) is 5.41 Å². The zero-order chi connectivity index (χ0) is 18.9. The van der Waals surface area contributed by atoms with Crippen molar-refractivity contribution in [2.45, 2.75) is 44.6 Å². The van der Waals surface area contributed by atoms with Crippen molar-refractivity contribution in [1.29, 1.82) is 0 Å². The third-order valence-electron chi connectivity index (χ3n) is 4.98. The van der Waals surface area contributed by atoms with E-state index in [1.54, 1.807) is 4.90 Å². The lowest BCUT2D eigenvalue weighted by molar-refractivity contribution is -0.145. The monoisotopic (exact) mass is 355 g/mol. The molecule has 1 aliphatic heterocycles. The van der Waals surface area contributed by atoms with Crippen LogP contribution in [0, 0.1) is 0 Å². The zero-order valence-electron chi connectivity index (χ0n) is 15.5. The van der Waals surface area contributed by atoms with Crippen LogP contribution in [0.25, 0.3) is 10.8 Å². The number of carboxylic acids is 1. The van der Waals surface area contributed by atoms with E-state index < -0.39 is 17.0 Å². The summed E-state index contributed by atoms with van der Waals surface area (Å²) in [7, 11) is 0. The van der Waals surface area contributed by atoms with E-state index in [4.69, 9.17) is 4.74 Å². The lowest BCUT2D eigenvalue weighted by atomic mass is 9.71. The van der Waals surface area contributed by atoms with Crippen LogP contribution in [0.4, 0.5) is 4.79 Å². The Kier molecular flexibility index (Phi) is 4.65. The molecule has 0 radical (unpaired) electrons. The van der Waals surface area contributed by atoms with Crippen LogP contribution in [-0.2, 0) is 14.9 Å². The van der Waals surface area contributed by atoms with Gasteiger partial charge < -0.3 is 14.7 Å². The van der Waals surface area contributed by atoms with Gasteiger partial charge in [-0.25, -0.2) is 4.79 Å². The average Bonchev–Trinajstić information content (AvgIpc) is 2.59. The van der Waals surface area contributed by atoms with E-state index >= 15 is 0 Å². The molecule has 0 aromatic heterocycles. The maximum atomic E-state index is 12.3. The highest BCUT2D eigenvalue weighted by Crippen LogP contribution is 2.39. The number of rotatable bonds is 2. The molecule has 0 aliphatic carbocycles. The average molecular weight is 355 g/mol. The second-order valence-corrected chi connectivity index (χ2v) is 7.88. The lowest BCUT2D eigenvalue weighted by Gasteiger charge is -2.40. The number of hydrogen-bond donors (Lipinski definition) is 1. The molecule has 0 atom stereocenters. The van der Waals surface area contributed by atoms with E-state index in [2.05, 4.69) is 0 Å². The van der Waals surface area contributed by atoms with Gasteiger partial charge in [-0.3, -0.25) is 4.79 Å². The molecule has 1 heterocycles. The summed E-state index contributed by atoms with van der Waals surface area (Å²) in [5.41, 5.74) is -0.722. The first-order valence-electron chi connectivity index (χ1n) is 8.92. The highest BCUT2D eigenvalue weighted by atomic mass is 16.6. The standard InChI is InChI=1S/C21H25NO4/c1-20(2,3)26-19(25)22-13-11-21(12-14-22,18(23)24)17-10-6-8-15-7-4-5-9-16(15)17/h4-10H,11-14H2,1-3H3,(H,23,24). The second-order valence-electron chi connectivity index (χ2n) is 7.88. The smallest absolute Gasteiger partial charge is 0.410 e. The minimum Gasteiger partial charge on any atom is -0.481 e. The number of amides is 1. The van der Waals surface area contributed by atoms with Crippen LogP contribution in [0.3, 0.4) is 0 Å². The number of carbonyl (C=O) groups excluding carboxylic acids is 1. The van der Waals surface area contributed by atoms with Gasteiger partial charge in [-0.05, 0) is 49.9 Å². The van der Waals surface area contributed by atoms with E-state index in [-0.39, 0.29) is 6.09 Å². The number of piperidine rings is 1. The number of carbonyl (C=O) groups is 2. The van der Waals surface area contributed by atoms with Crippen LogP contribution >= 0.6 is 0 Å². The van der Waals surface area contributed by atoms with E-state index in [1.807, 2.05) is 63.2 Å². The number of fused-ring (bicyclic) bond motifs is 1. The number of nitrogens with zero attached hydrogens (tertiary/aromatic N) is 1. The van der Waals surface area contributed by atoms with Crippen molar-refractivity contribution in [2.75, 3.05) is 13.1 Å². The first-order valence-corrected chi connectivity index (χ1v) is 8.92. The van der Waals surface area contributed by atoms with Crippen LogP contribution in [-0.4, -0.2) is 40.8 Å². The molecule has 0 spiro atoms. The second kappa shape index (κ2) is 6.63. The summed E-state index contributed by atoms with van der Waals surface area (Å²) in [5, 5.41) is 12.1. The molecule has 1 N–H and O–H groups in total. The summed E-state index contributed by atoms with van der Waals surface area (Å²) >= 11 is 0. The van der Waals surface area contributed by atoms with Crippen molar-refractivity contribution in [1.82, 2.24) is 4.90 Å². The Labute approximate surface area is 153 Å². The van der Waals surface area contributed by atoms with Crippen LogP contribution in [0.15, 0.2) is 42.5 Å². The fourth-order valence-corrected chi connectivity index (χ4v) is 3.64. The molecule has 1 aliphatic rings. The summed E-state index contributed by atoms with van der Waals surface area (Å²) in [6, 6.07) is 13.6. The Balaban J connectivity index is 1.90. The van der Waals surface area contributed by atoms with Gasteiger partial charge >= 0.3 is 12.1 Å². The Hall–Kier alpha value is -2.56. The molecule has 1 fully saturated rings. The summed E-state index contributed by atoms with van der Waals surface area (Å²) in [4.78, 5) is 26.2. The molecule has 2 aromatic rings. The molecular formula is C21H25NO4. The van der Waals surface area contributed by atoms with E-state index in [0.29, 0.717) is 25.9 Å². The number of likely N-dealkylation sites (tertiary alicyclic amines) is 1. The zero-order valence-corrected chi connectivity index (χ0v) is 15.5. The summed E-state index contributed by atoms with van der Waals surface area (Å²) in [6.45, 7) is 6.21. The van der Waals surface area contributed by atoms with Crippen LogP contribution < -0.4 is 0 Å². The molecule has 1 amide bonds. The number of ether oxygens (including phenoxy) is 1. The van der Waals surface area contributed by atoms with E-state index in [1.165, 1.54) is 0 Å². The maximum absolute atomic E-state index is 12.3. The van der Waals surface area contributed by atoms with E-state index in [9.17, 15) is 14.7 Å². The number of aliphatic carboxylic acids is 1. The van der Waals surface area contributed by atoms with Gasteiger partial charge in [0.15, 0.2) is 0 Å². The van der Waals surface area contributed by atoms with Crippen molar-refractivity contribution in [3.8, 4) is 0 Å². The van der Waals surface area contributed by atoms with Crippen LogP contribution in [0.1, 0.15) is 39.2 Å². The summed E-state index contributed by atoms with van der Waals surface area (Å²) < 4.78 is 5.42. The largest absolute Gasteiger partial charge is 0.481 e. The Morgan fingerprint density at radius 1 is 1.04 bits per heavy atom. The fraction of sp³-hybridized carbons (Fsp3) is 0.429. The molecule has 5 nitrogen and oxygen atoms in total. The Morgan fingerprint density at radius 2 is 1.65 bits per heavy atom. The molecule has 1 saturated heterocycles. The van der Waals surface area contributed by atoms with Gasteiger partial charge in [0.1, 0.15) is 5.60 Å². The fourth-order valence-electron chi connectivity index (χ4n) is 3.64. The van der Waals surface area contributed by atoms with Crippen molar-refractivity contribution in [2.24, 2.45) is 0 Å². The molecule has 0 saturated carbocycles. The number of benzene rings is 2. The van der Waals surface area contributed by atoms with Crippen molar-refractivity contribution >= 4 is 22.8 Å². The predicted octanol–water partition coefficient (Wildman–Crippen LogP) is 4.19. The molecule has 2 aromatic carbocycles. The molecule has 138 valence electrons. The highest BCUT2D eigenvalue weighted by Gasteiger charge is 2.45. The van der Waals surface area contributed by atoms with E-state index in [0.717, 1.165) is 16.3 Å². The number of hydrogen-bond acceptors (Lipinski definition) is 3. The molecule has 3 rings (SSSR count). The Bertz CT molecular complexity index is 824. The third-order valence-corrected chi connectivity index (χ3v) is 4.98. The minimum atomic E-state index is -0.987. The third kappa shape index (κ3) is 3.39. The molecule has 0 unspecified atom stereocenters. The Morgan fingerprint density at radius 3 is 2.27 bits per heavy atom. The van der Waals surface area contributed by atoms with Crippen LogP contribution in [0.2, 0.25) is 0 Å². The maximum Gasteiger partial charge on any atom is 0.410 e. The van der Waals surface area contributed by atoms with Gasteiger partial charge in [-0.15, -0.1) is 0 Å². The van der Waals surface area contributed by atoms with Gasteiger partial charge in [0.25, 0.3) is 0 Å². The summed E-state index contributed by atoms with van der Waals surface area (Å²) in [6.07, 6.45) is 0.361. The van der Waals surface area contributed by atoms with Gasteiger partial charge in [-0.1, -0.05) is 42.5 Å². The molecule has 26 heavy (non-hydrogen) atoms.